The van der Waals surface area contributed by atoms with Gasteiger partial charge in [-0.1, -0.05) is 39.5 Å². The van der Waals surface area contributed by atoms with Crippen LogP contribution in [0.3, 0.4) is 0 Å². The summed E-state index contributed by atoms with van der Waals surface area (Å²) in [6.07, 6.45) is 13.0. The predicted molar refractivity (Wildman–Crippen MR) is 88.1 cm³/mol. The molecule has 0 aliphatic heterocycles. The summed E-state index contributed by atoms with van der Waals surface area (Å²) in [5.41, 5.74) is 0.577. The molecule has 0 bridgehead atoms. The molecule has 0 spiro atoms. The van der Waals surface area contributed by atoms with Crippen molar-refractivity contribution in [1.29, 1.82) is 0 Å². The average molecular weight is 280 g/mol. The van der Waals surface area contributed by atoms with E-state index < -0.39 is 0 Å². The van der Waals surface area contributed by atoms with Gasteiger partial charge in [-0.3, -0.25) is 0 Å². The minimum Gasteiger partial charge on any atom is -0.316 e. The molecule has 2 nitrogen and oxygen atoms in total. The highest BCUT2D eigenvalue weighted by atomic mass is 15.1. The Hall–Kier alpha value is -0.0800. The summed E-state index contributed by atoms with van der Waals surface area (Å²) in [7, 11) is 0. The molecule has 0 aromatic rings. The van der Waals surface area contributed by atoms with Crippen molar-refractivity contribution in [3.63, 3.8) is 0 Å². The summed E-state index contributed by atoms with van der Waals surface area (Å²) < 4.78 is 0. The van der Waals surface area contributed by atoms with E-state index in [9.17, 15) is 0 Å². The quantitative estimate of drug-likeness (QED) is 0.641. The third kappa shape index (κ3) is 4.73. The number of rotatable bonds is 9. The molecule has 2 aliphatic carbocycles. The van der Waals surface area contributed by atoms with E-state index in [1.807, 2.05) is 0 Å². The molecule has 1 N–H and O–H groups in total. The standard InChI is InChI=1S/C18H36N2/c1-3-13-19-15-18(11-6-5-7-12-18)16-20(4-2)14-17-9-8-10-17/h17,19H,3-16H2,1-2H3. The second kappa shape index (κ2) is 8.38. The summed E-state index contributed by atoms with van der Waals surface area (Å²) >= 11 is 0. The van der Waals surface area contributed by atoms with Crippen molar-refractivity contribution < 1.29 is 0 Å². The topological polar surface area (TPSA) is 15.3 Å². The monoisotopic (exact) mass is 280 g/mol. The molecule has 20 heavy (non-hydrogen) atoms. The van der Waals surface area contributed by atoms with Crippen molar-refractivity contribution in [1.82, 2.24) is 10.2 Å². The van der Waals surface area contributed by atoms with Gasteiger partial charge in [-0.05, 0) is 56.5 Å². The smallest absolute Gasteiger partial charge is 0.00501 e. The molecule has 2 aliphatic rings. The van der Waals surface area contributed by atoms with Crippen molar-refractivity contribution in [2.45, 2.75) is 71.6 Å². The van der Waals surface area contributed by atoms with Gasteiger partial charge in [0.2, 0.25) is 0 Å². The number of nitrogens with one attached hydrogen (secondary N) is 1. The molecule has 0 saturated heterocycles. The maximum Gasteiger partial charge on any atom is 0.00501 e. The molecule has 0 amide bonds. The Morgan fingerprint density at radius 2 is 1.80 bits per heavy atom. The van der Waals surface area contributed by atoms with Gasteiger partial charge >= 0.3 is 0 Å². The first-order chi connectivity index (χ1) is 9.78. The van der Waals surface area contributed by atoms with Crippen LogP contribution in [0.1, 0.15) is 71.6 Å². The Morgan fingerprint density at radius 3 is 2.35 bits per heavy atom. The van der Waals surface area contributed by atoms with Crippen molar-refractivity contribution in [2.75, 3.05) is 32.7 Å². The second-order valence-corrected chi connectivity index (χ2v) is 7.36. The van der Waals surface area contributed by atoms with Gasteiger partial charge in [0.05, 0.1) is 0 Å². The SMILES string of the molecule is CCCNCC1(CN(CC)CC2CCC2)CCCCC1. The highest BCUT2D eigenvalue weighted by Gasteiger charge is 2.34. The van der Waals surface area contributed by atoms with Crippen molar-refractivity contribution in [3.8, 4) is 0 Å². The first-order valence-corrected chi connectivity index (χ1v) is 9.21. The third-order valence-electron chi connectivity index (χ3n) is 5.59. The van der Waals surface area contributed by atoms with E-state index in [0.29, 0.717) is 5.41 Å². The highest BCUT2D eigenvalue weighted by molar-refractivity contribution is 4.88. The molecule has 0 heterocycles. The number of nitrogens with zero attached hydrogens (tertiary/aromatic N) is 1. The van der Waals surface area contributed by atoms with Crippen LogP contribution in [0.15, 0.2) is 0 Å². The Bertz CT molecular complexity index is 254. The van der Waals surface area contributed by atoms with E-state index in [1.54, 1.807) is 0 Å². The van der Waals surface area contributed by atoms with Gasteiger partial charge in [-0.2, -0.15) is 0 Å². The molecule has 118 valence electrons. The first-order valence-electron chi connectivity index (χ1n) is 9.21. The van der Waals surface area contributed by atoms with Crippen LogP contribution in [-0.2, 0) is 0 Å². The summed E-state index contributed by atoms with van der Waals surface area (Å²) in [6.45, 7) is 11.0. The fourth-order valence-electron chi connectivity index (χ4n) is 4.04. The lowest BCUT2D eigenvalue weighted by atomic mass is 9.73. The Labute approximate surface area is 126 Å². The Morgan fingerprint density at radius 1 is 1.05 bits per heavy atom. The molecule has 2 saturated carbocycles. The fraction of sp³-hybridized carbons (Fsp3) is 1.00. The van der Waals surface area contributed by atoms with E-state index in [2.05, 4.69) is 24.1 Å². The lowest BCUT2D eigenvalue weighted by Crippen LogP contribution is -2.47. The first kappa shape index (κ1) is 16.3. The molecule has 2 fully saturated rings. The van der Waals surface area contributed by atoms with Gasteiger partial charge in [0, 0.05) is 19.6 Å². The maximum atomic E-state index is 3.73. The van der Waals surface area contributed by atoms with E-state index in [-0.39, 0.29) is 0 Å². The van der Waals surface area contributed by atoms with E-state index in [1.165, 1.54) is 90.5 Å². The van der Waals surface area contributed by atoms with Gasteiger partial charge < -0.3 is 10.2 Å². The van der Waals surface area contributed by atoms with Crippen LogP contribution in [0, 0.1) is 11.3 Å². The fourth-order valence-corrected chi connectivity index (χ4v) is 4.04. The zero-order valence-electron chi connectivity index (χ0n) is 13.9. The average Bonchev–Trinajstić information content (AvgIpc) is 2.43. The Balaban J connectivity index is 1.86. The number of hydrogen-bond acceptors (Lipinski definition) is 2. The molecule has 0 aromatic carbocycles. The maximum absolute atomic E-state index is 3.73. The molecule has 0 atom stereocenters. The van der Waals surface area contributed by atoms with E-state index in [4.69, 9.17) is 0 Å². The van der Waals surface area contributed by atoms with Crippen molar-refractivity contribution >= 4 is 0 Å². The minimum absolute atomic E-state index is 0.577. The number of hydrogen-bond donors (Lipinski definition) is 1. The van der Waals surface area contributed by atoms with Crippen LogP contribution in [-0.4, -0.2) is 37.6 Å². The van der Waals surface area contributed by atoms with Gasteiger partial charge in [0.25, 0.3) is 0 Å². The van der Waals surface area contributed by atoms with E-state index in [0.717, 1.165) is 5.92 Å². The lowest BCUT2D eigenvalue weighted by molar-refractivity contribution is 0.0830. The summed E-state index contributed by atoms with van der Waals surface area (Å²) in [5.74, 6) is 1.01. The van der Waals surface area contributed by atoms with Crippen LogP contribution in [0.25, 0.3) is 0 Å². The molecule has 0 aromatic heterocycles. The van der Waals surface area contributed by atoms with Crippen LogP contribution in [0.2, 0.25) is 0 Å². The van der Waals surface area contributed by atoms with Gasteiger partial charge in [0.15, 0.2) is 0 Å². The molecule has 0 unspecified atom stereocenters. The van der Waals surface area contributed by atoms with E-state index >= 15 is 0 Å². The highest BCUT2D eigenvalue weighted by Crippen LogP contribution is 2.37. The lowest BCUT2D eigenvalue weighted by Gasteiger charge is -2.43. The Kier molecular flexibility index (Phi) is 6.83. The normalized spacial score (nSPS) is 22.9. The van der Waals surface area contributed by atoms with Gasteiger partial charge in [-0.25, -0.2) is 0 Å². The summed E-state index contributed by atoms with van der Waals surface area (Å²) in [5, 5.41) is 3.73. The molecular weight excluding hydrogens is 244 g/mol. The molecule has 2 heteroatoms. The zero-order chi connectivity index (χ0) is 14.3. The second-order valence-electron chi connectivity index (χ2n) is 7.36. The van der Waals surface area contributed by atoms with Crippen LogP contribution in [0.5, 0.6) is 0 Å². The summed E-state index contributed by atoms with van der Waals surface area (Å²) in [4.78, 5) is 2.77. The van der Waals surface area contributed by atoms with Crippen molar-refractivity contribution in [2.24, 2.45) is 11.3 Å². The van der Waals surface area contributed by atoms with Crippen molar-refractivity contribution in [3.05, 3.63) is 0 Å². The molecule has 2 rings (SSSR count). The molecule has 0 radical (unpaired) electrons. The zero-order valence-corrected chi connectivity index (χ0v) is 13.9. The summed E-state index contributed by atoms with van der Waals surface area (Å²) in [6, 6.07) is 0. The van der Waals surface area contributed by atoms with Crippen LogP contribution in [0.4, 0.5) is 0 Å². The van der Waals surface area contributed by atoms with Gasteiger partial charge in [-0.15, -0.1) is 0 Å². The third-order valence-corrected chi connectivity index (χ3v) is 5.59. The van der Waals surface area contributed by atoms with Crippen LogP contribution < -0.4 is 5.32 Å². The largest absolute Gasteiger partial charge is 0.316 e. The predicted octanol–water partition coefficient (Wildman–Crippen LogP) is 4.06. The minimum atomic E-state index is 0.577. The van der Waals surface area contributed by atoms with Crippen LogP contribution >= 0.6 is 0 Å². The van der Waals surface area contributed by atoms with Gasteiger partial charge in [0.1, 0.15) is 0 Å². The molecular formula is C18H36N2.